The van der Waals surface area contributed by atoms with Crippen LogP contribution in [0.15, 0.2) is 87.7 Å². The van der Waals surface area contributed by atoms with E-state index in [1.54, 1.807) is 42.5 Å². The van der Waals surface area contributed by atoms with Crippen molar-refractivity contribution >= 4 is 48.8 Å². The Hall–Kier alpha value is -4.00. The summed E-state index contributed by atoms with van der Waals surface area (Å²) in [5.74, 6) is -1.91. The highest BCUT2D eigenvalue weighted by Gasteiger charge is 2.48. The number of ketones is 1. The van der Waals surface area contributed by atoms with Gasteiger partial charge in [-0.15, -0.1) is 4.40 Å². The molecule has 5 rings (SSSR count). The maximum atomic E-state index is 13.8. The lowest BCUT2D eigenvalue weighted by molar-refractivity contribution is -0.134. The van der Waals surface area contributed by atoms with Gasteiger partial charge in [-0.1, -0.05) is 54.6 Å². The summed E-state index contributed by atoms with van der Waals surface area (Å²) in [6, 6.07) is 18.8. The molecule has 1 aliphatic heterocycles. The molecule has 2 aliphatic rings. The first-order chi connectivity index (χ1) is 17.4. The number of nitrogens with one attached hydrogen (secondary N) is 2. The SMILES string of the molecule is CS(=O)(=O)Nc1ccc2c(c1)S(=O)(=O)N=C(C1=C(O)c3ccccc3C(O)(Cc3ccccc3)C1=O)N2. The average Bonchev–Trinajstić information content (AvgIpc) is 2.83. The van der Waals surface area contributed by atoms with Gasteiger partial charge in [-0.05, 0) is 23.8 Å². The van der Waals surface area contributed by atoms with Gasteiger partial charge in [0.25, 0.3) is 10.0 Å². The molecule has 12 heteroatoms. The number of rotatable bonds is 5. The van der Waals surface area contributed by atoms with Crippen LogP contribution >= 0.6 is 0 Å². The van der Waals surface area contributed by atoms with Crippen molar-refractivity contribution in [3.8, 4) is 0 Å². The van der Waals surface area contributed by atoms with Gasteiger partial charge in [-0.2, -0.15) is 8.42 Å². The summed E-state index contributed by atoms with van der Waals surface area (Å²) in [6.07, 6.45) is 0.797. The molecule has 10 nitrogen and oxygen atoms in total. The Balaban J connectivity index is 1.63. The third kappa shape index (κ3) is 4.39. The first-order valence-electron chi connectivity index (χ1n) is 11.0. The Morgan fingerprint density at radius 1 is 1.03 bits per heavy atom. The number of aliphatic hydroxyl groups excluding tert-OH is 1. The molecule has 1 atom stereocenters. The van der Waals surface area contributed by atoms with E-state index in [9.17, 15) is 31.8 Å². The second-order valence-electron chi connectivity index (χ2n) is 8.75. The Bertz CT molecular complexity index is 1730. The number of carbonyl (C=O) groups excluding carboxylic acids is 1. The third-order valence-electron chi connectivity index (χ3n) is 6.03. The molecule has 4 N–H and O–H groups in total. The van der Waals surface area contributed by atoms with Crippen molar-refractivity contribution in [2.75, 3.05) is 16.3 Å². The van der Waals surface area contributed by atoms with Crippen LogP contribution in [0, 0.1) is 0 Å². The molecule has 0 bridgehead atoms. The van der Waals surface area contributed by atoms with E-state index in [2.05, 4.69) is 14.4 Å². The average molecular weight is 540 g/mol. The van der Waals surface area contributed by atoms with Gasteiger partial charge in [0.2, 0.25) is 15.8 Å². The lowest BCUT2D eigenvalue weighted by Gasteiger charge is -2.35. The highest BCUT2D eigenvalue weighted by Crippen LogP contribution is 2.42. The predicted molar refractivity (Wildman–Crippen MR) is 138 cm³/mol. The summed E-state index contributed by atoms with van der Waals surface area (Å²) in [5.41, 5.74) is -1.58. The van der Waals surface area contributed by atoms with E-state index < -0.39 is 48.6 Å². The Kier molecular flexibility index (Phi) is 5.70. The summed E-state index contributed by atoms with van der Waals surface area (Å²) in [6.45, 7) is 0. The molecule has 0 spiro atoms. The van der Waals surface area contributed by atoms with E-state index in [1.165, 1.54) is 24.3 Å². The van der Waals surface area contributed by atoms with Gasteiger partial charge < -0.3 is 15.5 Å². The molecule has 0 saturated heterocycles. The van der Waals surface area contributed by atoms with Crippen molar-refractivity contribution < 1.29 is 31.8 Å². The highest BCUT2D eigenvalue weighted by atomic mass is 32.2. The highest BCUT2D eigenvalue weighted by molar-refractivity contribution is 7.92. The van der Waals surface area contributed by atoms with Crippen LogP contribution in [0.2, 0.25) is 0 Å². The number of Topliss-reactive ketones (excluding diaryl/α,β-unsaturated/α-hetero) is 1. The first kappa shape index (κ1) is 24.7. The number of sulfonamides is 2. The molecule has 1 aliphatic carbocycles. The predicted octanol–water partition coefficient (Wildman–Crippen LogP) is 2.55. The van der Waals surface area contributed by atoms with E-state index in [4.69, 9.17) is 0 Å². The molecule has 0 aromatic heterocycles. The van der Waals surface area contributed by atoms with E-state index in [-0.39, 0.29) is 33.8 Å². The summed E-state index contributed by atoms with van der Waals surface area (Å²) in [4.78, 5) is 13.5. The van der Waals surface area contributed by atoms with Gasteiger partial charge in [-0.25, -0.2) is 8.42 Å². The van der Waals surface area contributed by atoms with Crippen molar-refractivity contribution in [1.29, 1.82) is 0 Å². The maximum Gasteiger partial charge on any atom is 0.286 e. The zero-order valence-electron chi connectivity index (χ0n) is 19.3. The molecule has 37 heavy (non-hydrogen) atoms. The van der Waals surface area contributed by atoms with Crippen LogP contribution in [0.1, 0.15) is 16.7 Å². The molecule has 190 valence electrons. The Morgan fingerprint density at radius 2 is 1.70 bits per heavy atom. The van der Waals surface area contributed by atoms with Gasteiger partial charge in [0.15, 0.2) is 11.4 Å². The van der Waals surface area contributed by atoms with E-state index >= 15 is 0 Å². The molecule has 0 saturated carbocycles. The topological polar surface area (TPSA) is 162 Å². The van der Waals surface area contributed by atoms with Gasteiger partial charge >= 0.3 is 0 Å². The van der Waals surface area contributed by atoms with Crippen molar-refractivity contribution in [2.45, 2.75) is 16.9 Å². The van der Waals surface area contributed by atoms with Gasteiger partial charge in [-0.3, -0.25) is 9.52 Å². The number of benzene rings is 3. The summed E-state index contributed by atoms with van der Waals surface area (Å²) in [7, 11) is -8.09. The number of anilines is 2. The fourth-order valence-electron chi connectivity index (χ4n) is 4.45. The number of nitrogens with zero attached hydrogens (tertiary/aromatic N) is 1. The first-order valence-corrected chi connectivity index (χ1v) is 14.3. The zero-order valence-corrected chi connectivity index (χ0v) is 21.0. The van der Waals surface area contributed by atoms with Crippen LogP contribution in [0.25, 0.3) is 5.76 Å². The summed E-state index contributed by atoms with van der Waals surface area (Å²) < 4.78 is 55.2. The molecular weight excluding hydrogens is 518 g/mol. The zero-order chi connectivity index (χ0) is 26.6. The second-order valence-corrected chi connectivity index (χ2v) is 12.1. The van der Waals surface area contributed by atoms with Crippen LogP contribution in [-0.2, 0) is 36.9 Å². The van der Waals surface area contributed by atoms with Crippen LogP contribution in [0.3, 0.4) is 0 Å². The minimum Gasteiger partial charge on any atom is -0.506 e. The molecule has 1 heterocycles. The fourth-order valence-corrected chi connectivity index (χ4v) is 6.16. The van der Waals surface area contributed by atoms with Crippen molar-refractivity contribution in [3.05, 3.63) is 95.1 Å². The number of hydrogen-bond acceptors (Lipinski definition) is 8. The number of hydrogen-bond donors (Lipinski definition) is 4. The minimum atomic E-state index is -4.43. The molecular formula is C25H21N3O7S2. The van der Waals surface area contributed by atoms with Gasteiger partial charge in [0.05, 0.1) is 11.9 Å². The smallest absolute Gasteiger partial charge is 0.286 e. The van der Waals surface area contributed by atoms with Crippen LogP contribution in [-0.4, -0.2) is 44.9 Å². The van der Waals surface area contributed by atoms with Crippen molar-refractivity contribution in [2.24, 2.45) is 4.40 Å². The Morgan fingerprint density at radius 3 is 2.41 bits per heavy atom. The van der Waals surface area contributed by atoms with Crippen LogP contribution < -0.4 is 10.0 Å². The molecule has 1 unspecified atom stereocenters. The quantitative estimate of drug-likeness (QED) is 0.384. The second kappa shape index (κ2) is 8.54. The fraction of sp³-hybridized carbons (Fsp3) is 0.120. The van der Waals surface area contributed by atoms with E-state index in [1.807, 2.05) is 0 Å². The molecule has 0 radical (unpaired) electrons. The van der Waals surface area contributed by atoms with Crippen molar-refractivity contribution in [1.82, 2.24) is 0 Å². The largest absolute Gasteiger partial charge is 0.506 e. The van der Waals surface area contributed by atoms with Crippen molar-refractivity contribution in [3.63, 3.8) is 0 Å². The van der Waals surface area contributed by atoms with E-state index in [0.29, 0.717) is 5.56 Å². The van der Waals surface area contributed by atoms with E-state index in [0.717, 1.165) is 12.3 Å². The lowest BCUT2D eigenvalue weighted by Crippen LogP contribution is -2.45. The van der Waals surface area contributed by atoms with Crippen LogP contribution in [0.4, 0.5) is 11.4 Å². The number of carbonyl (C=O) groups is 1. The monoisotopic (exact) mass is 539 g/mol. The molecule has 3 aromatic carbocycles. The number of aliphatic hydroxyl groups is 2. The van der Waals surface area contributed by atoms with Gasteiger partial charge in [0, 0.05) is 23.2 Å². The minimum absolute atomic E-state index is 0.00671. The molecule has 0 amide bonds. The third-order valence-corrected chi connectivity index (χ3v) is 7.96. The number of amidine groups is 1. The number of fused-ring (bicyclic) bond motifs is 2. The summed E-state index contributed by atoms with van der Waals surface area (Å²) in [5, 5.41) is 25.6. The standard InChI is InChI=1S/C25H21N3O7S2/c1-36(32,33)27-16-11-12-19-20(13-16)37(34,35)28-24(26-19)21-22(29)17-9-5-6-10-18(17)25(31,23(21)30)14-15-7-3-2-4-8-15/h2-13,27,29,31H,14H2,1H3,(H,26,28). The molecule has 0 fully saturated rings. The summed E-state index contributed by atoms with van der Waals surface area (Å²) >= 11 is 0. The van der Waals surface area contributed by atoms with Gasteiger partial charge in [0.1, 0.15) is 16.2 Å². The van der Waals surface area contributed by atoms with Crippen LogP contribution in [0.5, 0.6) is 0 Å². The lowest BCUT2D eigenvalue weighted by atomic mass is 9.74. The molecule has 3 aromatic rings. The normalized spacial score (nSPS) is 20.4. The maximum absolute atomic E-state index is 13.8. The Labute approximate surface area is 213 Å².